The van der Waals surface area contributed by atoms with Gasteiger partial charge in [-0.2, -0.15) is 0 Å². The standard InChI is InChI=1S/C12H6ClF4OP/c13-19(18,11-3-1-7(14)5-9(11)16)12-4-2-8(15)6-10(12)17/h1-6H. The first-order valence-corrected chi connectivity index (χ1v) is 7.64. The smallest absolute Gasteiger partial charge is 0.231 e. The molecule has 0 aromatic heterocycles. The van der Waals surface area contributed by atoms with Gasteiger partial charge in [-0.1, -0.05) is 0 Å². The van der Waals surface area contributed by atoms with Crippen LogP contribution >= 0.6 is 17.7 Å². The highest BCUT2D eigenvalue weighted by atomic mass is 35.7. The maximum atomic E-state index is 13.5. The molecule has 7 heteroatoms. The molecule has 0 radical (unpaired) electrons. The lowest BCUT2D eigenvalue weighted by Crippen LogP contribution is -2.18. The van der Waals surface area contributed by atoms with Crippen molar-refractivity contribution in [2.24, 2.45) is 0 Å². The molecule has 2 aromatic carbocycles. The average molecular weight is 309 g/mol. The number of halogens is 5. The van der Waals surface area contributed by atoms with E-state index in [1.807, 2.05) is 0 Å². The van der Waals surface area contributed by atoms with Crippen molar-refractivity contribution in [3.63, 3.8) is 0 Å². The van der Waals surface area contributed by atoms with E-state index < -0.39 is 40.4 Å². The van der Waals surface area contributed by atoms with Gasteiger partial charge in [0.05, 0.1) is 10.6 Å². The van der Waals surface area contributed by atoms with Gasteiger partial charge in [-0.15, -0.1) is 0 Å². The summed E-state index contributed by atoms with van der Waals surface area (Å²) in [5.41, 5.74) is 0. The van der Waals surface area contributed by atoms with Crippen molar-refractivity contribution < 1.29 is 22.1 Å². The van der Waals surface area contributed by atoms with Crippen LogP contribution in [0.1, 0.15) is 0 Å². The summed E-state index contributed by atoms with van der Waals surface area (Å²) in [6, 6.07) is 4.45. The molecule has 0 aliphatic heterocycles. The highest BCUT2D eigenvalue weighted by Crippen LogP contribution is 2.50. The lowest BCUT2D eigenvalue weighted by Gasteiger charge is -2.13. The molecule has 0 aliphatic rings. The Balaban J connectivity index is 2.61. The Morgan fingerprint density at radius 1 is 0.789 bits per heavy atom. The minimum absolute atomic E-state index is 0.492. The zero-order valence-corrected chi connectivity index (χ0v) is 10.9. The summed E-state index contributed by atoms with van der Waals surface area (Å²) < 4.78 is 65.0. The molecule has 2 aromatic rings. The second kappa shape index (κ2) is 4.99. The van der Waals surface area contributed by atoms with E-state index in [2.05, 4.69) is 0 Å². The topological polar surface area (TPSA) is 17.1 Å². The molecule has 100 valence electrons. The van der Waals surface area contributed by atoms with E-state index in [9.17, 15) is 22.1 Å². The van der Waals surface area contributed by atoms with Crippen molar-refractivity contribution >= 4 is 28.3 Å². The SMILES string of the molecule is O=P(Cl)(c1ccc(F)cc1F)c1ccc(F)cc1F. The van der Waals surface area contributed by atoms with Crippen LogP contribution in [0.2, 0.25) is 0 Å². The number of hydrogen-bond donors (Lipinski definition) is 0. The second-order valence-electron chi connectivity index (χ2n) is 3.72. The quantitative estimate of drug-likeness (QED) is 0.610. The van der Waals surface area contributed by atoms with Gasteiger partial charge in [0.1, 0.15) is 23.3 Å². The second-order valence-corrected chi connectivity index (χ2v) is 7.18. The first-order chi connectivity index (χ1) is 8.82. The van der Waals surface area contributed by atoms with Crippen LogP contribution in [0.4, 0.5) is 17.6 Å². The Morgan fingerprint density at radius 2 is 1.16 bits per heavy atom. The van der Waals surface area contributed by atoms with E-state index in [4.69, 9.17) is 11.2 Å². The minimum Gasteiger partial charge on any atom is -0.296 e. The predicted molar refractivity (Wildman–Crippen MR) is 65.4 cm³/mol. The maximum Gasteiger partial charge on any atom is 0.231 e. The van der Waals surface area contributed by atoms with Gasteiger partial charge in [-0.25, -0.2) is 17.6 Å². The summed E-state index contributed by atoms with van der Waals surface area (Å²) in [4.78, 5) is 0. The Kier molecular flexibility index (Phi) is 3.70. The van der Waals surface area contributed by atoms with Gasteiger partial charge in [0.25, 0.3) is 0 Å². The van der Waals surface area contributed by atoms with Crippen molar-refractivity contribution in [1.29, 1.82) is 0 Å². The fraction of sp³-hybridized carbons (Fsp3) is 0. The number of rotatable bonds is 2. The summed E-state index contributed by atoms with van der Waals surface area (Å²) in [5.74, 6) is -4.06. The Morgan fingerprint density at radius 3 is 1.47 bits per heavy atom. The molecule has 0 amide bonds. The van der Waals surface area contributed by atoms with Crippen molar-refractivity contribution in [1.82, 2.24) is 0 Å². The van der Waals surface area contributed by atoms with Crippen LogP contribution in [0, 0.1) is 23.3 Å². The molecular weight excluding hydrogens is 303 g/mol. The van der Waals surface area contributed by atoms with Crippen LogP contribution in [-0.2, 0) is 4.57 Å². The first-order valence-electron chi connectivity index (χ1n) is 5.03. The van der Waals surface area contributed by atoms with E-state index >= 15 is 0 Å². The van der Waals surface area contributed by atoms with Gasteiger partial charge < -0.3 is 0 Å². The Labute approximate surface area is 111 Å². The van der Waals surface area contributed by atoms with E-state index in [0.29, 0.717) is 12.1 Å². The molecule has 1 nitrogen and oxygen atoms in total. The molecule has 0 spiro atoms. The number of hydrogen-bond acceptors (Lipinski definition) is 1. The highest BCUT2D eigenvalue weighted by Gasteiger charge is 2.31. The average Bonchev–Trinajstić information content (AvgIpc) is 2.27. The van der Waals surface area contributed by atoms with E-state index in [0.717, 1.165) is 24.3 Å². The van der Waals surface area contributed by atoms with Crippen LogP contribution < -0.4 is 10.6 Å². The van der Waals surface area contributed by atoms with Crippen LogP contribution in [0.25, 0.3) is 0 Å². The van der Waals surface area contributed by atoms with Gasteiger partial charge in [-0.3, -0.25) is 4.57 Å². The normalized spacial score (nSPS) is 11.6. The van der Waals surface area contributed by atoms with Crippen LogP contribution in [-0.4, -0.2) is 0 Å². The monoisotopic (exact) mass is 308 g/mol. The molecule has 0 saturated heterocycles. The van der Waals surface area contributed by atoms with E-state index in [1.165, 1.54) is 0 Å². The summed E-state index contributed by atoms with van der Waals surface area (Å²) in [7, 11) is 0. The van der Waals surface area contributed by atoms with Gasteiger partial charge in [-0.05, 0) is 35.5 Å². The van der Waals surface area contributed by atoms with Gasteiger partial charge in [0, 0.05) is 12.1 Å². The lowest BCUT2D eigenvalue weighted by atomic mass is 10.3. The number of benzene rings is 2. The fourth-order valence-corrected chi connectivity index (χ4v) is 3.85. The van der Waals surface area contributed by atoms with Crippen molar-refractivity contribution in [2.75, 3.05) is 0 Å². The molecule has 0 fully saturated rings. The molecule has 2 rings (SSSR count). The molecular formula is C12H6ClF4OP. The van der Waals surface area contributed by atoms with Crippen molar-refractivity contribution in [3.8, 4) is 0 Å². The molecule has 0 atom stereocenters. The third kappa shape index (κ3) is 2.67. The van der Waals surface area contributed by atoms with Gasteiger partial charge in [0.2, 0.25) is 6.49 Å². The Bertz CT molecular complexity index is 634. The molecule has 0 aliphatic carbocycles. The lowest BCUT2D eigenvalue weighted by molar-refractivity contribution is 0.576. The Hall–Kier alpha value is -1.32. The summed E-state index contributed by atoms with van der Waals surface area (Å²) in [5, 5.41) is -1.05. The van der Waals surface area contributed by atoms with Crippen LogP contribution in [0.3, 0.4) is 0 Å². The minimum atomic E-state index is -4.12. The largest absolute Gasteiger partial charge is 0.296 e. The summed E-state index contributed by atoms with van der Waals surface area (Å²) in [6.07, 6.45) is 0. The molecule has 0 unspecified atom stereocenters. The summed E-state index contributed by atoms with van der Waals surface area (Å²) in [6.45, 7) is -4.12. The molecule has 0 N–H and O–H groups in total. The van der Waals surface area contributed by atoms with E-state index in [-0.39, 0.29) is 0 Å². The third-order valence-corrected chi connectivity index (χ3v) is 5.50. The summed E-state index contributed by atoms with van der Waals surface area (Å²) >= 11 is 5.73. The van der Waals surface area contributed by atoms with Gasteiger partial charge >= 0.3 is 0 Å². The van der Waals surface area contributed by atoms with Crippen LogP contribution in [0.15, 0.2) is 36.4 Å². The molecule has 0 saturated carbocycles. The van der Waals surface area contributed by atoms with Gasteiger partial charge in [0.15, 0.2) is 0 Å². The zero-order chi connectivity index (χ0) is 14.2. The third-order valence-electron chi connectivity index (χ3n) is 2.44. The zero-order valence-electron chi connectivity index (χ0n) is 9.21. The fourth-order valence-electron chi connectivity index (χ4n) is 1.56. The molecule has 0 heterocycles. The van der Waals surface area contributed by atoms with Crippen LogP contribution in [0.5, 0.6) is 0 Å². The first kappa shape index (κ1) is 14.1. The highest BCUT2D eigenvalue weighted by molar-refractivity contribution is 8.00. The maximum absolute atomic E-state index is 13.5. The molecule has 19 heavy (non-hydrogen) atoms. The van der Waals surface area contributed by atoms with E-state index in [1.54, 1.807) is 0 Å². The van der Waals surface area contributed by atoms with Crippen molar-refractivity contribution in [2.45, 2.75) is 0 Å². The molecule has 0 bridgehead atoms. The predicted octanol–water partition coefficient (Wildman–Crippen LogP) is 3.71. The van der Waals surface area contributed by atoms with Crippen molar-refractivity contribution in [3.05, 3.63) is 59.7 Å².